The third-order valence-corrected chi connectivity index (χ3v) is 5.17. The Bertz CT molecular complexity index is 807. The zero-order valence-corrected chi connectivity index (χ0v) is 14.6. The molecule has 3 heteroatoms. The van der Waals surface area contributed by atoms with Crippen molar-refractivity contribution in [1.82, 2.24) is 4.90 Å². The van der Waals surface area contributed by atoms with Crippen LogP contribution in [0.4, 0.5) is 0 Å². The van der Waals surface area contributed by atoms with Gasteiger partial charge in [-0.15, -0.1) is 0 Å². The second-order valence-corrected chi connectivity index (χ2v) is 6.93. The first-order valence-corrected chi connectivity index (χ1v) is 9.19. The number of ether oxygens (including phenoxy) is 2. The number of fused-ring (bicyclic) bond motifs is 1. The van der Waals surface area contributed by atoms with Gasteiger partial charge in [0.2, 0.25) is 0 Å². The molecule has 0 amide bonds. The first-order valence-electron chi connectivity index (χ1n) is 9.19. The van der Waals surface area contributed by atoms with Crippen molar-refractivity contribution < 1.29 is 9.47 Å². The standard InChI is InChI=1S/C22H25NO2/c1-2-9-21(10-3-1)24-16-6-13-23-14-11-22(12-15-23)17-19-7-4-5-8-20(19)18-25-22/h1-5,7-10,17-18H,6,11-16H2. The molecule has 130 valence electrons. The van der Waals surface area contributed by atoms with Gasteiger partial charge < -0.3 is 14.4 Å². The second kappa shape index (κ2) is 7.32. The molecule has 0 N–H and O–H groups in total. The van der Waals surface area contributed by atoms with Gasteiger partial charge in [-0.25, -0.2) is 0 Å². The van der Waals surface area contributed by atoms with Crippen LogP contribution < -0.4 is 15.2 Å². The molecule has 0 radical (unpaired) electrons. The average molecular weight is 335 g/mol. The van der Waals surface area contributed by atoms with Crippen molar-refractivity contribution >= 4 is 12.3 Å². The highest BCUT2D eigenvalue weighted by Gasteiger charge is 2.34. The SMILES string of the molecule is C1=c2ccccc2=CC2(CCN(CCCOc3ccccc3)CC2)O1. The van der Waals surface area contributed by atoms with E-state index >= 15 is 0 Å². The van der Waals surface area contributed by atoms with Gasteiger partial charge in [-0.2, -0.15) is 0 Å². The van der Waals surface area contributed by atoms with E-state index in [9.17, 15) is 0 Å². The van der Waals surface area contributed by atoms with Crippen molar-refractivity contribution in [3.63, 3.8) is 0 Å². The van der Waals surface area contributed by atoms with Crippen molar-refractivity contribution in [3.8, 4) is 5.75 Å². The normalized spacial score (nSPS) is 18.6. The molecule has 2 aliphatic heterocycles. The number of hydrogen-bond acceptors (Lipinski definition) is 3. The van der Waals surface area contributed by atoms with Crippen LogP contribution in [0.3, 0.4) is 0 Å². The summed E-state index contributed by atoms with van der Waals surface area (Å²) in [4.78, 5) is 2.53. The Labute approximate surface area is 149 Å². The fourth-order valence-corrected chi connectivity index (χ4v) is 3.66. The van der Waals surface area contributed by atoms with Gasteiger partial charge in [0.25, 0.3) is 0 Å². The van der Waals surface area contributed by atoms with Crippen LogP contribution >= 0.6 is 0 Å². The zero-order valence-electron chi connectivity index (χ0n) is 14.6. The molecule has 2 aromatic rings. The molecule has 4 rings (SSSR count). The van der Waals surface area contributed by atoms with Crippen LogP contribution in [0.1, 0.15) is 19.3 Å². The Kier molecular flexibility index (Phi) is 4.75. The monoisotopic (exact) mass is 335 g/mol. The lowest BCUT2D eigenvalue weighted by molar-refractivity contribution is 0.0345. The van der Waals surface area contributed by atoms with E-state index in [0.717, 1.165) is 51.3 Å². The molecule has 1 saturated heterocycles. The van der Waals surface area contributed by atoms with E-state index in [1.54, 1.807) is 0 Å². The molecule has 0 bridgehead atoms. The van der Waals surface area contributed by atoms with Crippen molar-refractivity contribution in [1.29, 1.82) is 0 Å². The number of hydrogen-bond donors (Lipinski definition) is 0. The first-order chi connectivity index (χ1) is 12.3. The molecule has 1 spiro atoms. The van der Waals surface area contributed by atoms with E-state index in [-0.39, 0.29) is 5.60 Å². The summed E-state index contributed by atoms with van der Waals surface area (Å²) < 4.78 is 11.9. The summed E-state index contributed by atoms with van der Waals surface area (Å²) in [6.45, 7) is 4.02. The van der Waals surface area contributed by atoms with Crippen LogP contribution in [0.5, 0.6) is 5.75 Å². The predicted octanol–water partition coefficient (Wildman–Crippen LogP) is 2.54. The predicted molar refractivity (Wildman–Crippen MR) is 101 cm³/mol. The fourth-order valence-electron chi connectivity index (χ4n) is 3.66. The summed E-state index contributed by atoms with van der Waals surface area (Å²) in [7, 11) is 0. The lowest BCUT2D eigenvalue weighted by atomic mass is 9.88. The highest BCUT2D eigenvalue weighted by molar-refractivity contribution is 5.43. The van der Waals surface area contributed by atoms with E-state index in [2.05, 4.69) is 35.2 Å². The molecule has 0 saturated carbocycles. The summed E-state index contributed by atoms with van der Waals surface area (Å²) in [5, 5.41) is 2.49. The van der Waals surface area contributed by atoms with Gasteiger partial charge >= 0.3 is 0 Å². The van der Waals surface area contributed by atoms with Crippen LogP contribution in [0, 0.1) is 0 Å². The average Bonchev–Trinajstić information content (AvgIpc) is 2.67. The number of benzene rings is 2. The maximum Gasteiger partial charge on any atom is 0.130 e. The van der Waals surface area contributed by atoms with Crippen LogP contribution in [0.25, 0.3) is 12.3 Å². The molecule has 0 aliphatic carbocycles. The van der Waals surface area contributed by atoms with Crippen molar-refractivity contribution in [2.24, 2.45) is 0 Å². The van der Waals surface area contributed by atoms with Crippen LogP contribution in [-0.4, -0.2) is 36.7 Å². The number of nitrogens with zero attached hydrogens (tertiary/aromatic N) is 1. The second-order valence-electron chi connectivity index (χ2n) is 6.93. The lowest BCUT2D eigenvalue weighted by Gasteiger charge is -2.40. The van der Waals surface area contributed by atoms with Gasteiger partial charge in [-0.1, -0.05) is 42.5 Å². The first kappa shape index (κ1) is 16.2. The summed E-state index contributed by atoms with van der Waals surface area (Å²) in [6.07, 6.45) is 7.44. The zero-order chi connectivity index (χ0) is 17.0. The quantitative estimate of drug-likeness (QED) is 0.784. The van der Waals surface area contributed by atoms with Crippen molar-refractivity contribution in [2.45, 2.75) is 24.9 Å². The van der Waals surface area contributed by atoms with E-state index in [1.165, 1.54) is 10.4 Å². The number of piperidine rings is 1. The molecule has 1 fully saturated rings. The lowest BCUT2D eigenvalue weighted by Crippen LogP contribution is -2.48. The molecular formula is C22H25NO2. The van der Waals surface area contributed by atoms with E-state index in [4.69, 9.17) is 9.47 Å². The number of para-hydroxylation sites is 1. The van der Waals surface area contributed by atoms with E-state index in [0.29, 0.717) is 0 Å². The molecule has 0 unspecified atom stereocenters. The Balaban J connectivity index is 1.26. The Morgan fingerprint density at radius 3 is 2.44 bits per heavy atom. The minimum atomic E-state index is -0.106. The van der Waals surface area contributed by atoms with Crippen molar-refractivity contribution in [3.05, 3.63) is 65.0 Å². The van der Waals surface area contributed by atoms with Crippen LogP contribution in [0.15, 0.2) is 54.6 Å². The Morgan fingerprint density at radius 2 is 1.64 bits per heavy atom. The Hall–Kier alpha value is -2.26. The third-order valence-electron chi connectivity index (χ3n) is 5.17. The Morgan fingerprint density at radius 1 is 0.920 bits per heavy atom. The number of rotatable bonds is 5. The summed E-state index contributed by atoms with van der Waals surface area (Å²) in [5.41, 5.74) is -0.106. The van der Waals surface area contributed by atoms with Gasteiger partial charge in [-0.05, 0) is 29.8 Å². The fraction of sp³-hybridized carbons (Fsp3) is 0.364. The minimum Gasteiger partial charge on any atom is -0.494 e. The van der Waals surface area contributed by atoms with Gasteiger partial charge in [-0.3, -0.25) is 0 Å². The molecule has 0 aromatic heterocycles. The molecule has 2 heterocycles. The van der Waals surface area contributed by atoms with E-state index in [1.807, 2.05) is 36.6 Å². The van der Waals surface area contributed by atoms with Gasteiger partial charge in [0.1, 0.15) is 11.4 Å². The van der Waals surface area contributed by atoms with Gasteiger partial charge in [0.15, 0.2) is 0 Å². The maximum absolute atomic E-state index is 6.13. The summed E-state index contributed by atoms with van der Waals surface area (Å²) >= 11 is 0. The largest absolute Gasteiger partial charge is 0.494 e. The summed E-state index contributed by atoms with van der Waals surface area (Å²) in [6, 6.07) is 18.5. The van der Waals surface area contributed by atoms with Crippen molar-refractivity contribution in [2.75, 3.05) is 26.2 Å². The van der Waals surface area contributed by atoms with Gasteiger partial charge in [0.05, 0.1) is 12.9 Å². The molecule has 2 aliphatic rings. The number of likely N-dealkylation sites (tertiary alicyclic amines) is 1. The van der Waals surface area contributed by atoms with Crippen LogP contribution in [-0.2, 0) is 4.74 Å². The molecule has 25 heavy (non-hydrogen) atoms. The highest BCUT2D eigenvalue weighted by atomic mass is 16.5. The molecule has 2 aromatic carbocycles. The van der Waals surface area contributed by atoms with Crippen LogP contribution in [0.2, 0.25) is 0 Å². The van der Waals surface area contributed by atoms with Gasteiger partial charge in [0, 0.05) is 37.7 Å². The topological polar surface area (TPSA) is 21.7 Å². The molecule has 0 atom stereocenters. The summed E-state index contributed by atoms with van der Waals surface area (Å²) in [5.74, 6) is 0.958. The molecule has 3 nitrogen and oxygen atoms in total. The minimum absolute atomic E-state index is 0.106. The maximum atomic E-state index is 6.13. The highest BCUT2D eigenvalue weighted by Crippen LogP contribution is 2.29. The molecular weight excluding hydrogens is 310 g/mol. The smallest absolute Gasteiger partial charge is 0.130 e. The van der Waals surface area contributed by atoms with E-state index < -0.39 is 0 Å². The third kappa shape index (κ3) is 3.88.